The van der Waals surface area contributed by atoms with E-state index in [0.29, 0.717) is 29.4 Å². The summed E-state index contributed by atoms with van der Waals surface area (Å²) in [5, 5.41) is 12.0. The van der Waals surface area contributed by atoms with Crippen LogP contribution in [0.5, 0.6) is 11.5 Å². The summed E-state index contributed by atoms with van der Waals surface area (Å²) in [6, 6.07) is 12.9. The molecular formula is C24H26BrNO4. The molecule has 1 saturated carbocycles. The van der Waals surface area contributed by atoms with E-state index in [4.69, 9.17) is 4.74 Å². The Labute approximate surface area is 185 Å². The maximum atomic E-state index is 12.2. The molecule has 2 N–H and O–H groups in total. The van der Waals surface area contributed by atoms with Crippen LogP contribution in [0.1, 0.15) is 49.7 Å². The molecule has 1 aliphatic carbocycles. The molecule has 1 fully saturated rings. The van der Waals surface area contributed by atoms with E-state index in [0.717, 1.165) is 16.5 Å². The molecule has 0 aliphatic heterocycles. The van der Waals surface area contributed by atoms with Gasteiger partial charge in [0.15, 0.2) is 0 Å². The minimum atomic E-state index is -1.16. The Morgan fingerprint density at radius 3 is 2.50 bits per heavy atom. The van der Waals surface area contributed by atoms with Crippen molar-refractivity contribution in [2.45, 2.75) is 45.4 Å². The average molecular weight is 472 g/mol. The van der Waals surface area contributed by atoms with E-state index < -0.39 is 5.97 Å². The fourth-order valence-electron chi connectivity index (χ4n) is 3.61. The van der Waals surface area contributed by atoms with E-state index in [-0.39, 0.29) is 11.6 Å². The van der Waals surface area contributed by atoms with Crippen LogP contribution >= 0.6 is 15.9 Å². The van der Waals surface area contributed by atoms with Gasteiger partial charge in [-0.15, -0.1) is 0 Å². The van der Waals surface area contributed by atoms with E-state index in [1.54, 1.807) is 24.3 Å². The van der Waals surface area contributed by atoms with Crippen molar-refractivity contribution in [2.75, 3.05) is 0 Å². The van der Waals surface area contributed by atoms with Crippen molar-refractivity contribution in [3.05, 3.63) is 63.8 Å². The quantitative estimate of drug-likeness (QED) is 0.458. The number of halogens is 1. The molecule has 6 heteroatoms. The predicted octanol–water partition coefficient (Wildman–Crippen LogP) is 6.06. The summed E-state index contributed by atoms with van der Waals surface area (Å²) in [7, 11) is 0. The number of amides is 1. The Kier molecular flexibility index (Phi) is 7.69. The van der Waals surface area contributed by atoms with Crippen LogP contribution in [0.25, 0.3) is 6.08 Å². The molecule has 2 aromatic carbocycles. The molecule has 3 rings (SSSR count). The van der Waals surface area contributed by atoms with E-state index in [1.165, 1.54) is 31.8 Å². The first kappa shape index (κ1) is 22.1. The minimum absolute atomic E-state index is 0.124. The molecule has 158 valence electrons. The lowest BCUT2D eigenvalue weighted by atomic mass is 10.0. The van der Waals surface area contributed by atoms with E-state index >= 15 is 0 Å². The predicted molar refractivity (Wildman–Crippen MR) is 120 cm³/mol. The van der Waals surface area contributed by atoms with E-state index in [2.05, 4.69) is 21.2 Å². The summed E-state index contributed by atoms with van der Waals surface area (Å²) >= 11 is 3.48. The number of benzene rings is 2. The molecule has 1 amide bonds. The maximum Gasteiger partial charge on any atom is 0.352 e. The Balaban J connectivity index is 1.62. The topological polar surface area (TPSA) is 75.6 Å². The molecule has 0 unspecified atom stereocenters. The van der Waals surface area contributed by atoms with Gasteiger partial charge in [0.25, 0.3) is 0 Å². The van der Waals surface area contributed by atoms with E-state index in [9.17, 15) is 14.7 Å². The van der Waals surface area contributed by atoms with Crippen LogP contribution in [-0.2, 0) is 9.59 Å². The molecule has 0 bridgehead atoms. The van der Waals surface area contributed by atoms with Gasteiger partial charge in [-0.3, -0.25) is 4.79 Å². The number of carboxylic acids is 1. The Hall–Kier alpha value is -2.60. The van der Waals surface area contributed by atoms with Gasteiger partial charge in [0, 0.05) is 6.42 Å². The molecule has 0 heterocycles. The highest BCUT2D eigenvalue weighted by atomic mass is 79.9. The average Bonchev–Trinajstić information content (AvgIpc) is 3.23. The second-order valence-electron chi connectivity index (χ2n) is 7.71. The fourth-order valence-corrected chi connectivity index (χ4v) is 4.19. The van der Waals surface area contributed by atoms with Gasteiger partial charge in [0.1, 0.15) is 17.2 Å². The van der Waals surface area contributed by atoms with Gasteiger partial charge in [-0.25, -0.2) is 4.79 Å². The minimum Gasteiger partial charge on any atom is -0.477 e. The van der Waals surface area contributed by atoms with Gasteiger partial charge >= 0.3 is 5.97 Å². The first-order chi connectivity index (χ1) is 14.4. The highest BCUT2D eigenvalue weighted by molar-refractivity contribution is 9.10. The van der Waals surface area contributed by atoms with Crippen molar-refractivity contribution >= 4 is 33.9 Å². The molecule has 0 saturated heterocycles. The zero-order chi connectivity index (χ0) is 21.5. The van der Waals surface area contributed by atoms with Crippen LogP contribution in [0.15, 0.2) is 52.6 Å². The molecule has 30 heavy (non-hydrogen) atoms. The Morgan fingerprint density at radius 1 is 1.17 bits per heavy atom. The first-order valence-corrected chi connectivity index (χ1v) is 11.0. The number of carbonyl (C=O) groups is 2. The summed E-state index contributed by atoms with van der Waals surface area (Å²) in [5.74, 6) is 0.515. The number of carbonyl (C=O) groups excluding carboxylic acids is 1. The van der Waals surface area contributed by atoms with Crippen molar-refractivity contribution in [3.63, 3.8) is 0 Å². The largest absolute Gasteiger partial charge is 0.477 e. The summed E-state index contributed by atoms with van der Waals surface area (Å²) < 4.78 is 6.72. The lowest BCUT2D eigenvalue weighted by Gasteiger charge is -2.10. The van der Waals surface area contributed by atoms with Gasteiger partial charge in [-0.1, -0.05) is 43.9 Å². The van der Waals surface area contributed by atoms with Crippen molar-refractivity contribution in [3.8, 4) is 11.5 Å². The third kappa shape index (κ3) is 6.46. The van der Waals surface area contributed by atoms with Gasteiger partial charge in [0.2, 0.25) is 5.91 Å². The van der Waals surface area contributed by atoms with Crippen molar-refractivity contribution in [2.24, 2.45) is 5.92 Å². The van der Waals surface area contributed by atoms with Crippen LogP contribution in [0, 0.1) is 12.8 Å². The highest BCUT2D eigenvalue weighted by Gasteiger charge is 2.17. The number of nitrogens with one attached hydrogen (secondary N) is 1. The van der Waals surface area contributed by atoms with Crippen LogP contribution in [0.3, 0.4) is 0 Å². The van der Waals surface area contributed by atoms with Crippen LogP contribution in [0.4, 0.5) is 0 Å². The second kappa shape index (κ2) is 10.4. The maximum absolute atomic E-state index is 12.2. The van der Waals surface area contributed by atoms with Gasteiger partial charge in [-0.05, 0) is 76.7 Å². The molecule has 0 aromatic heterocycles. The lowest BCUT2D eigenvalue weighted by Crippen LogP contribution is -2.27. The van der Waals surface area contributed by atoms with Crippen LogP contribution in [0.2, 0.25) is 0 Å². The molecule has 0 spiro atoms. The van der Waals surface area contributed by atoms with E-state index in [1.807, 2.05) is 25.1 Å². The van der Waals surface area contributed by atoms with Crippen LogP contribution in [-0.4, -0.2) is 17.0 Å². The summed E-state index contributed by atoms with van der Waals surface area (Å²) in [6.45, 7) is 2.00. The first-order valence-electron chi connectivity index (χ1n) is 10.2. The molecule has 1 aliphatic rings. The second-order valence-corrected chi connectivity index (χ2v) is 8.56. The zero-order valence-corrected chi connectivity index (χ0v) is 18.6. The van der Waals surface area contributed by atoms with Crippen LogP contribution < -0.4 is 10.1 Å². The fraction of sp³-hybridized carbons (Fsp3) is 0.333. The van der Waals surface area contributed by atoms with Gasteiger partial charge in [0.05, 0.1) is 4.47 Å². The smallest absolute Gasteiger partial charge is 0.352 e. The molecule has 5 nitrogen and oxygen atoms in total. The van der Waals surface area contributed by atoms with Gasteiger partial charge < -0.3 is 15.2 Å². The van der Waals surface area contributed by atoms with Gasteiger partial charge in [-0.2, -0.15) is 0 Å². The number of rotatable bonds is 8. The molecule has 0 radical (unpaired) electrons. The monoisotopic (exact) mass is 471 g/mol. The number of carboxylic acid groups (broad SMARTS) is 1. The highest BCUT2D eigenvalue weighted by Crippen LogP contribution is 2.31. The molecule has 2 aromatic rings. The van der Waals surface area contributed by atoms with Crippen molar-refractivity contribution in [1.82, 2.24) is 5.32 Å². The Morgan fingerprint density at radius 2 is 1.87 bits per heavy atom. The zero-order valence-electron chi connectivity index (χ0n) is 17.0. The molecule has 0 atom stereocenters. The lowest BCUT2D eigenvalue weighted by molar-refractivity contribution is -0.134. The SMILES string of the molecule is Cc1ccc(Oc2ccc(/C=C(/NC(=O)CCC3CCCC3)C(=O)O)cc2)c(Br)c1. The summed E-state index contributed by atoms with van der Waals surface area (Å²) in [5.41, 5.74) is 1.67. The number of hydrogen-bond acceptors (Lipinski definition) is 3. The number of ether oxygens (including phenoxy) is 1. The molecular weight excluding hydrogens is 446 g/mol. The third-order valence-electron chi connectivity index (χ3n) is 5.27. The number of hydrogen-bond donors (Lipinski definition) is 2. The van der Waals surface area contributed by atoms with Crippen molar-refractivity contribution in [1.29, 1.82) is 0 Å². The third-order valence-corrected chi connectivity index (χ3v) is 5.88. The summed E-state index contributed by atoms with van der Waals surface area (Å²) in [4.78, 5) is 23.7. The standard InChI is InChI=1S/C24H26BrNO4/c1-16-6-12-22(20(25)14-16)30-19-10-7-18(8-11-19)15-21(24(28)29)26-23(27)13-9-17-4-2-3-5-17/h6-8,10-12,14-15,17H,2-5,9,13H2,1H3,(H,26,27)(H,28,29)/b21-15+. The van der Waals surface area contributed by atoms with Crippen molar-refractivity contribution < 1.29 is 19.4 Å². The Bertz CT molecular complexity index is 931. The normalized spacial score (nSPS) is 14.5. The number of aryl methyl sites for hydroxylation is 1. The summed E-state index contributed by atoms with van der Waals surface area (Å²) in [6.07, 6.45) is 7.43. The number of aliphatic carboxylic acids is 1.